The van der Waals surface area contributed by atoms with E-state index in [9.17, 15) is 14.9 Å². The van der Waals surface area contributed by atoms with E-state index in [1.54, 1.807) is 32.0 Å². The van der Waals surface area contributed by atoms with Crippen LogP contribution in [0.5, 0.6) is 11.5 Å². The molecular formula is C25H30N2O5S. The summed E-state index contributed by atoms with van der Waals surface area (Å²) < 4.78 is 16.3. The lowest BCUT2D eigenvalue weighted by Crippen LogP contribution is -2.16. The predicted octanol–water partition coefficient (Wildman–Crippen LogP) is 5.66. The van der Waals surface area contributed by atoms with Crippen LogP contribution in [0.25, 0.3) is 6.08 Å². The van der Waals surface area contributed by atoms with Crippen molar-refractivity contribution in [3.05, 3.63) is 45.3 Å². The second-order valence-electron chi connectivity index (χ2n) is 7.30. The first kappa shape index (κ1) is 25.9. The highest BCUT2D eigenvalue weighted by Crippen LogP contribution is 2.34. The molecule has 8 heteroatoms. The number of thiophene rings is 1. The number of nitrogens with one attached hydrogen (secondary N) is 1. The minimum absolute atomic E-state index is 0.104. The van der Waals surface area contributed by atoms with Crippen LogP contribution in [0.3, 0.4) is 0 Å². The van der Waals surface area contributed by atoms with Crippen molar-refractivity contribution >= 4 is 34.3 Å². The van der Waals surface area contributed by atoms with Crippen molar-refractivity contribution in [3.8, 4) is 17.6 Å². The van der Waals surface area contributed by atoms with Gasteiger partial charge in [-0.3, -0.25) is 4.79 Å². The maximum atomic E-state index is 12.8. The van der Waals surface area contributed by atoms with Gasteiger partial charge in [0.1, 0.15) is 16.6 Å². The van der Waals surface area contributed by atoms with Gasteiger partial charge >= 0.3 is 5.97 Å². The lowest BCUT2D eigenvalue weighted by Gasteiger charge is -2.11. The molecule has 7 nitrogen and oxygen atoms in total. The number of benzene rings is 1. The second-order valence-corrected chi connectivity index (χ2v) is 8.52. The molecule has 176 valence electrons. The van der Waals surface area contributed by atoms with Gasteiger partial charge in [0.2, 0.25) is 0 Å². The SMILES string of the molecule is CCCCCOc1ccc(/C=C(/C#N)C(=O)Nc2sc(C)c(C)c2C(=O)OCC)cc1OC. The fraction of sp³-hybridized carbons (Fsp3) is 0.400. The summed E-state index contributed by atoms with van der Waals surface area (Å²) in [5.74, 6) is 0.0175. The number of nitrogens with zero attached hydrogens (tertiary/aromatic N) is 1. The maximum Gasteiger partial charge on any atom is 0.341 e. The fourth-order valence-electron chi connectivity index (χ4n) is 3.08. The minimum Gasteiger partial charge on any atom is -0.493 e. The molecule has 1 heterocycles. The van der Waals surface area contributed by atoms with Crippen LogP contribution in [0.1, 0.15) is 59.5 Å². The molecule has 2 rings (SSSR count). The lowest BCUT2D eigenvalue weighted by atomic mass is 10.1. The molecule has 0 aliphatic carbocycles. The highest BCUT2D eigenvalue weighted by molar-refractivity contribution is 7.16. The molecular weight excluding hydrogens is 440 g/mol. The Morgan fingerprint density at radius 3 is 2.58 bits per heavy atom. The largest absolute Gasteiger partial charge is 0.493 e. The third kappa shape index (κ3) is 6.83. The summed E-state index contributed by atoms with van der Waals surface area (Å²) >= 11 is 1.27. The quantitative estimate of drug-likeness (QED) is 0.197. The maximum absolute atomic E-state index is 12.8. The molecule has 0 unspecified atom stereocenters. The first-order valence-corrected chi connectivity index (χ1v) is 11.7. The number of rotatable bonds is 11. The van der Waals surface area contributed by atoms with Gasteiger partial charge in [0, 0.05) is 4.88 Å². The van der Waals surface area contributed by atoms with E-state index in [0.29, 0.717) is 34.2 Å². The predicted molar refractivity (Wildman–Crippen MR) is 130 cm³/mol. The van der Waals surface area contributed by atoms with Crippen molar-refractivity contribution in [1.82, 2.24) is 0 Å². The molecule has 0 radical (unpaired) electrons. The van der Waals surface area contributed by atoms with Crippen LogP contribution in [-0.2, 0) is 9.53 Å². The first-order chi connectivity index (χ1) is 15.9. The topological polar surface area (TPSA) is 97.7 Å². The molecule has 0 fully saturated rings. The van der Waals surface area contributed by atoms with Gasteiger partial charge < -0.3 is 19.5 Å². The highest BCUT2D eigenvalue weighted by Gasteiger charge is 2.23. The van der Waals surface area contributed by atoms with Crippen LogP contribution in [-0.4, -0.2) is 32.2 Å². The Balaban J connectivity index is 2.24. The van der Waals surface area contributed by atoms with Crippen LogP contribution in [0.4, 0.5) is 5.00 Å². The summed E-state index contributed by atoms with van der Waals surface area (Å²) in [5, 5.41) is 12.6. The summed E-state index contributed by atoms with van der Waals surface area (Å²) in [4.78, 5) is 26.1. The van der Waals surface area contributed by atoms with Crippen LogP contribution >= 0.6 is 11.3 Å². The number of amides is 1. The number of hydrogen-bond donors (Lipinski definition) is 1. The van der Waals surface area contributed by atoms with Gasteiger partial charge in [-0.05, 0) is 56.5 Å². The fourth-order valence-corrected chi connectivity index (χ4v) is 4.12. The smallest absolute Gasteiger partial charge is 0.341 e. The van der Waals surface area contributed by atoms with E-state index in [4.69, 9.17) is 14.2 Å². The van der Waals surface area contributed by atoms with E-state index in [-0.39, 0.29) is 12.2 Å². The number of ether oxygens (including phenoxy) is 3. The average molecular weight is 471 g/mol. The van der Waals surface area contributed by atoms with Gasteiger partial charge in [-0.1, -0.05) is 25.8 Å². The Kier molecular flexibility index (Phi) is 9.95. The summed E-state index contributed by atoms with van der Waals surface area (Å²) in [6.07, 6.45) is 4.62. The Labute approximate surface area is 199 Å². The number of nitriles is 1. The Bertz CT molecular complexity index is 1070. The van der Waals surface area contributed by atoms with E-state index in [1.807, 2.05) is 13.0 Å². The number of esters is 1. The molecule has 0 saturated carbocycles. The molecule has 0 aliphatic heterocycles. The van der Waals surface area contributed by atoms with Crippen LogP contribution in [0.15, 0.2) is 23.8 Å². The molecule has 1 N–H and O–H groups in total. The van der Waals surface area contributed by atoms with Gasteiger partial charge in [0.15, 0.2) is 11.5 Å². The monoisotopic (exact) mass is 470 g/mol. The summed E-state index contributed by atoms with van der Waals surface area (Å²) in [6, 6.07) is 7.16. The average Bonchev–Trinajstić information content (AvgIpc) is 3.08. The van der Waals surface area contributed by atoms with Crippen molar-refractivity contribution in [1.29, 1.82) is 5.26 Å². The van der Waals surface area contributed by atoms with E-state index in [1.165, 1.54) is 24.5 Å². The van der Waals surface area contributed by atoms with E-state index < -0.39 is 11.9 Å². The minimum atomic E-state index is -0.608. The normalized spacial score (nSPS) is 11.0. The number of carbonyl (C=O) groups is 2. The molecule has 0 bridgehead atoms. The van der Waals surface area contributed by atoms with Crippen molar-refractivity contribution < 1.29 is 23.8 Å². The van der Waals surface area contributed by atoms with Gasteiger partial charge in [0.05, 0.1) is 25.9 Å². The zero-order valence-electron chi connectivity index (χ0n) is 19.7. The van der Waals surface area contributed by atoms with Crippen molar-refractivity contribution in [3.63, 3.8) is 0 Å². The van der Waals surface area contributed by atoms with E-state index in [2.05, 4.69) is 12.2 Å². The number of hydrogen-bond acceptors (Lipinski definition) is 7. The molecule has 2 aromatic rings. The van der Waals surface area contributed by atoms with Crippen LogP contribution in [0, 0.1) is 25.2 Å². The van der Waals surface area contributed by atoms with Gasteiger partial charge in [0.25, 0.3) is 5.91 Å². The number of carbonyl (C=O) groups excluding carboxylic acids is 2. The lowest BCUT2D eigenvalue weighted by molar-refractivity contribution is -0.112. The Hall–Kier alpha value is -3.31. The van der Waals surface area contributed by atoms with E-state index in [0.717, 1.165) is 29.7 Å². The molecule has 0 atom stereocenters. The third-order valence-electron chi connectivity index (χ3n) is 4.96. The van der Waals surface area contributed by atoms with Crippen molar-refractivity contribution in [2.24, 2.45) is 0 Å². The van der Waals surface area contributed by atoms with Gasteiger partial charge in [-0.25, -0.2) is 4.79 Å². The molecule has 0 saturated heterocycles. The van der Waals surface area contributed by atoms with Crippen LogP contribution in [0.2, 0.25) is 0 Å². The zero-order valence-corrected chi connectivity index (χ0v) is 20.6. The summed E-state index contributed by atoms with van der Waals surface area (Å²) in [5.41, 5.74) is 1.57. The molecule has 1 aromatic heterocycles. The van der Waals surface area contributed by atoms with Crippen molar-refractivity contribution in [2.75, 3.05) is 25.6 Å². The van der Waals surface area contributed by atoms with E-state index >= 15 is 0 Å². The molecule has 33 heavy (non-hydrogen) atoms. The summed E-state index contributed by atoms with van der Waals surface area (Å²) in [7, 11) is 1.54. The van der Waals surface area contributed by atoms with Gasteiger partial charge in [-0.2, -0.15) is 5.26 Å². The summed E-state index contributed by atoms with van der Waals surface area (Å²) in [6.45, 7) is 8.32. The van der Waals surface area contributed by atoms with Crippen molar-refractivity contribution in [2.45, 2.75) is 47.0 Å². The molecule has 0 spiro atoms. The number of unbranched alkanes of at least 4 members (excludes halogenated alkanes) is 2. The standard InChI is InChI=1S/C25H30N2O5S/c1-6-8-9-12-32-20-11-10-18(14-21(20)30-5)13-19(15-26)23(28)27-24-22(25(29)31-7-2)16(3)17(4)33-24/h10-11,13-14H,6-9,12H2,1-5H3,(H,27,28)/b19-13-. The van der Waals surface area contributed by atoms with Crippen LogP contribution < -0.4 is 14.8 Å². The molecule has 0 aliphatic rings. The number of anilines is 1. The third-order valence-corrected chi connectivity index (χ3v) is 6.08. The Morgan fingerprint density at radius 2 is 1.94 bits per heavy atom. The number of methoxy groups -OCH3 is 1. The first-order valence-electron chi connectivity index (χ1n) is 10.9. The number of aryl methyl sites for hydroxylation is 1. The molecule has 1 aromatic carbocycles. The molecule has 1 amide bonds. The Morgan fingerprint density at radius 1 is 1.18 bits per heavy atom. The zero-order chi connectivity index (χ0) is 24.4. The second kappa shape index (κ2) is 12.7. The highest BCUT2D eigenvalue weighted by atomic mass is 32.1. The van der Waals surface area contributed by atoms with Gasteiger partial charge in [-0.15, -0.1) is 11.3 Å².